The minimum Gasteiger partial charge on any atom is -0.0590 e. The fourth-order valence-electron chi connectivity index (χ4n) is 2.18. The zero-order chi connectivity index (χ0) is 11.7. The lowest BCUT2D eigenvalue weighted by molar-refractivity contribution is 1.33. The minimum absolute atomic E-state index is 1.30. The summed E-state index contributed by atoms with van der Waals surface area (Å²) < 4.78 is 0. The Morgan fingerprint density at radius 2 is 1.44 bits per heavy atom. The monoisotopic (exact) mass is 209 g/mol. The first-order valence-electron chi connectivity index (χ1n) is 5.64. The molecule has 2 aromatic rings. The third-order valence-corrected chi connectivity index (χ3v) is 3.05. The van der Waals surface area contributed by atoms with Gasteiger partial charge in [0.1, 0.15) is 0 Å². The highest BCUT2D eigenvalue weighted by atomic mass is 14.1. The van der Waals surface area contributed by atoms with Gasteiger partial charge in [-0.25, -0.2) is 0 Å². The summed E-state index contributed by atoms with van der Waals surface area (Å²) in [5.41, 5.74) is 7.96. The van der Waals surface area contributed by atoms with E-state index in [1.54, 1.807) is 0 Å². The van der Waals surface area contributed by atoms with Crippen molar-refractivity contribution in [2.45, 2.75) is 27.7 Å². The van der Waals surface area contributed by atoms with Gasteiger partial charge in [-0.1, -0.05) is 35.9 Å². The molecule has 2 rings (SSSR count). The Labute approximate surface area is 97.9 Å². The van der Waals surface area contributed by atoms with Gasteiger partial charge >= 0.3 is 0 Å². The summed E-state index contributed by atoms with van der Waals surface area (Å²) in [6, 6.07) is 13.9. The summed E-state index contributed by atoms with van der Waals surface area (Å²) in [7, 11) is 0. The molecule has 0 saturated carbocycles. The van der Waals surface area contributed by atoms with Gasteiger partial charge in [-0.15, -0.1) is 0 Å². The highest BCUT2D eigenvalue weighted by Crippen LogP contribution is 2.30. The Hall–Kier alpha value is -1.56. The average Bonchev–Trinajstić information content (AvgIpc) is 2.23. The van der Waals surface area contributed by atoms with Crippen LogP contribution in [-0.4, -0.2) is 0 Å². The zero-order valence-corrected chi connectivity index (χ0v) is 10.4. The van der Waals surface area contributed by atoms with Crippen molar-refractivity contribution in [3.63, 3.8) is 0 Å². The van der Waals surface area contributed by atoms with E-state index in [4.69, 9.17) is 0 Å². The molecule has 0 saturated heterocycles. The van der Waals surface area contributed by atoms with Gasteiger partial charge < -0.3 is 0 Å². The van der Waals surface area contributed by atoms with Crippen molar-refractivity contribution in [3.05, 3.63) is 58.7 Å². The molecule has 0 heterocycles. The SMILES string of the molecule is Cc1ccc(C)c(-c2c(C)c[c]cc2C)c1. The molecule has 0 N–H and O–H groups in total. The van der Waals surface area contributed by atoms with Crippen LogP contribution in [-0.2, 0) is 0 Å². The smallest absolute Gasteiger partial charge is 0.0122 e. The molecule has 0 aliphatic heterocycles. The maximum absolute atomic E-state index is 3.17. The van der Waals surface area contributed by atoms with Crippen LogP contribution in [0.2, 0.25) is 0 Å². The van der Waals surface area contributed by atoms with Crippen LogP contribution in [0.4, 0.5) is 0 Å². The van der Waals surface area contributed by atoms with Crippen molar-refractivity contribution in [3.8, 4) is 11.1 Å². The van der Waals surface area contributed by atoms with Crippen LogP contribution < -0.4 is 0 Å². The Kier molecular flexibility index (Phi) is 2.82. The summed E-state index contributed by atoms with van der Waals surface area (Å²) in [6.07, 6.45) is 0. The first-order valence-corrected chi connectivity index (χ1v) is 5.64. The quantitative estimate of drug-likeness (QED) is 0.653. The second kappa shape index (κ2) is 4.13. The van der Waals surface area contributed by atoms with E-state index in [1.165, 1.54) is 33.4 Å². The van der Waals surface area contributed by atoms with Crippen molar-refractivity contribution >= 4 is 0 Å². The first kappa shape index (κ1) is 10.9. The molecule has 16 heavy (non-hydrogen) atoms. The molecule has 0 fully saturated rings. The number of rotatable bonds is 1. The van der Waals surface area contributed by atoms with Gasteiger partial charge in [0.25, 0.3) is 0 Å². The number of aryl methyl sites for hydroxylation is 4. The van der Waals surface area contributed by atoms with Gasteiger partial charge in [0, 0.05) is 0 Å². The molecule has 0 aliphatic rings. The fraction of sp³-hybridized carbons (Fsp3) is 0.250. The topological polar surface area (TPSA) is 0 Å². The molecule has 0 aromatic heterocycles. The molecule has 81 valence electrons. The van der Waals surface area contributed by atoms with Crippen LogP contribution in [0.5, 0.6) is 0 Å². The zero-order valence-electron chi connectivity index (χ0n) is 10.4. The van der Waals surface area contributed by atoms with Crippen LogP contribution in [0, 0.1) is 33.8 Å². The lowest BCUT2D eigenvalue weighted by Gasteiger charge is -2.13. The molecule has 0 bridgehead atoms. The summed E-state index contributed by atoms with van der Waals surface area (Å²) in [5.74, 6) is 0. The summed E-state index contributed by atoms with van der Waals surface area (Å²) >= 11 is 0. The lowest BCUT2D eigenvalue weighted by atomic mass is 9.92. The normalized spacial score (nSPS) is 10.5. The van der Waals surface area contributed by atoms with Crippen LogP contribution >= 0.6 is 0 Å². The molecule has 1 radical (unpaired) electrons. The van der Waals surface area contributed by atoms with Gasteiger partial charge in [0.15, 0.2) is 0 Å². The van der Waals surface area contributed by atoms with Crippen LogP contribution in [0.15, 0.2) is 30.3 Å². The van der Waals surface area contributed by atoms with Crippen molar-refractivity contribution in [1.29, 1.82) is 0 Å². The van der Waals surface area contributed by atoms with Crippen molar-refractivity contribution in [1.82, 2.24) is 0 Å². The number of benzene rings is 2. The van der Waals surface area contributed by atoms with Gasteiger partial charge in [0.2, 0.25) is 0 Å². The molecule has 0 heteroatoms. The molecule has 0 amide bonds. The molecule has 0 atom stereocenters. The van der Waals surface area contributed by atoms with E-state index in [-0.39, 0.29) is 0 Å². The maximum atomic E-state index is 3.17. The summed E-state index contributed by atoms with van der Waals surface area (Å²) in [6.45, 7) is 8.62. The molecule has 0 unspecified atom stereocenters. The van der Waals surface area contributed by atoms with Gasteiger partial charge in [-0.3, -0.25) is 0 Å². The van der Waals surface area contributed by atoms with Crippen LogP contribution in [0.1, 0.15) is 22.3 Å². The predicted molar refractivity (Wildman–Crippen MR) is 69.7 cm³/mol. The maximum Gasteiger partial charge on any atom is -0.0122 e. The Balaban J connectivity index is 2.72. The predicted octanol–water partition coefficient (Wildman–Crippen LogP) is 4.39. The van der Waals surface area contributed by atoms with E-state index in [1.807, 2.05) is 0 Å². The van der Waals surface area contributed by atoms with E-state index in [9.17, 15) is 0 Å². The lowest BCUT2D eigenvalue weighted by Crippen LogP contribution is -1.91. The summed E-state index contributed by atoms with van der Waals surface area (Å²) in [5, 5.41) is 0. The highest BCUT2D eigenvalue weighted by Gasteiger charge is 2.07. The van der Waals surface area contributed by atoms with Crippen LogP contribution in [0.25, 0.3) is 11.1 Å². The van der Waals surface area contributed by atoms with E-state index in [0.29, 0.717) is 0 Å². The second-order valence-electron chi connectivity index (χ2n) is 4.51. The average molecular weight is 209 g/mol. The molecule has 2 aromatic carbocycles. The Morgan fingerprint density at radius 3 is 2.06 bits per heavy atom. The third-order valence-electron chi connectivity index (χ3n) is 3.05. The Bertz CT molecular complexity index is 501. The number of hydrogen-bond acceptors (Lipinski definition) is 0. The first-order chi connectivity index (χ1) is 7.59. The van der Waals surface area contributed by atoms with Gasteiger partial charge in [0.05, 0.1) is 0 Å². The van der Waals surface area contributed by atoms with E-state index < -0.39 is 0 Å². The van der Waals surface area contributed by atoms with Gasteiger partial charge in [-0.05, 0) is 61.6 Å². The molecule has 0 spiro atoms. The largest absolute Gasteiger partial charge is 0.0590 e. The second-order valence-corrected chi connectivity index (χ2v) is 4.51. The van der Waals surface area contributed by atoms with Gasteiger partial charge in [-0.2, -0.15) is 0 Å². The third kappa shape index (κ3) is 1.88. The summed E-state index contributed by atoms with van der Waals surface area (Å²) in [4.78, 5) is 0. The highest BCUT2D eigenvalue weighted by molar-refractivity contribution is 5.73. The van der Waals surface area contributed by atoms with E-state index in [2.05, 4.69) is 64.1 Å². The molecular formula is C16H17. The van der Waals surface area contributed by atoms with Crippen molar-refractivity contribution in [2.75, 3.05) is 0 Å². The van der Waals surface area contributed by atoms with E-state index >= 15 is 0 Å². The Morgan fingerprint density at radius 1 is 0.812 bits per heavy atom. The molecule has 0 nitrogen and oxygen atoms in total. The van der Waals surface area contributed by atoms with Crippen molar-refractivity contribution < 1.29 is 0 Å². The molecular weight excluding hydrogens is 192 g/mol. The number of hydrogen-bond donors (Lipinski definition) is 0. The molecule has 0 aliphatic carbocycles. The van der Waals surface area contributed by atoms with Crippen LogP contribution in [0.3, 0.4) is 0 Å². The minimum atomic E-state index is 1.30. The van der Waals surface area contributed by atoms with E-state index in [0.717, 1.165) is 0 Å². The van der Waals surface area contributed by atoms with Crippen molar-refractivity contribution in [2.24, 2.45) is 0 Å². The fourth-order valence-corrected chi connectivity index (χ4v) is 2.18. The standard InChI is InChI=1S/C16H17/c1-11-8-9-12(2)15(10-11)16-13(3)6-5-7-14(16)4/h6-10H,1-4H3.